The maximum Gasteiger partial charge on any atom is 0.225 e. The lowest BCUT2D eigenvalue weighted by atomic mass is 9.98. The molecular formula is C23H26Cl2N4O3S2. The van der Waals surface area contributed by atoms with Crippen LogP contribution in [0.25, 0.3) is 0 Å². The Morgan fingerprint density at radius 1 is 1.24 bits per heavy atom. The molecule has 0 N–H and O–H groups in total. The van der Waals surface area contributed by atoms with Crippen LogP contribution in [-0.2, 0) is 16.3 Å². The molecule has 0 bridgehead atoms. The summed E-state index contributed by atoms with van der Waals surface area (Å²) >= 11 is 14.1. The highest BCUT2D eigenvalue weighted by molar-refractivity contribution is 7.90. The first kappa shape index (κ1) is 25.2. The number of aryl methyl sites for hydroxylation is 1. The van der Waals surface area contributed by atoms with Crippen LogP contribution in [0.4, 0.5) is 5.95 Å². The van der Waals surface area contributed by atoms with E-state index in [4.69, 9.17) is 32.9 Å². The zero-order valence-electron chi connectivity index (χ0n) is 18.9. The van der Waals surface area contributed by atoms with Crippen molar-refractivity contribution in [2.45, 2.75) is 43.1 Å². The minimum absolute atomic E-state index is 0.140. The van der Waals surface area contributed by atoms with E-state index >= 15 is 0 Å². The summed E-state index contributed by atoms with van der Waals surface area (Å²) in [6, 6.07) is 4.41. The Bertz CT molecular complexity index is 1230. The molecule has 182 valence electrons. The van der Waals surface area contributed by atoms with E-state index in [1.807, 2.05) is 17.8 Å². The molecule has 1 unspecified atom stereocenters. The van der Waals surface area contributed by atoms with E-state index in [-0.39, 0.29) is 15.8 Å². The molecule has 1 atom stereocenters. The van der Waals surface area contributed by atoms with Gasteiger partial charge in [0.15, 0.2) is 15.9 Å². The minimum Gasteiger partial charge on any atom is -0.481 e. The topological polar surface area (TPSA) is 85.3 Å². The van der Waals surface area contributed by atoms with Gasteiger partial charge in [0, 0.05) is 43.0 Å². The zero-order chi connectivity index (χ0) is 24.3. The Labute approximate surface area is 214 Å². The monoisotopic (exact) mass is 540 g/mol. The number of thiazole rings is 1. The van der Waals surface area contributed by atoms with Crippen LogP contribution in [-0.4, -0.2) is 48.6 Å². The second kappa shape index (κ2) is 10.8. The predicted octanol–water partition coefficient (Wildman–Crippen LogP) is 5.30. The molecule has 0 aliphatic carbocycles. The zero-order valence-corrected chi connectivity index (χ0v) is 22.1. The number of benzene rings is 1. The number of ether oxygens (including phenoxy) is 1. The molecule has 1 aromatic carbocycles. The third-order valence-electron chi connectivity index (χ3n) is 5.84. The molecule has 0 radical (unpaired) electrons. The largest absolute Gasteiger partial charge is 0.481 e. The molecule has 1 aliphatic rings. The van der Waals surface area contributed by atoms with E-state index in [1.54, 1.807) is 17.4 Å². The van der Waals surface area contributed by atoms with Gasteiger partial charge in [0.2, 0.25) is 5.95 Å². The Morgan fingerprint density at radius 2 is 1.94 bits per heavy atom. The van der Waals surface area contributed by atoms with Gasteiger partial charge in [0.25, 0.3) is 0 Å². The standard InChI is InChI=1S/C23H26Cl2N4O3S2/c1-3-15-12-26-23(27-13-15)29-8-6-16(7-9-29)22-28-19(14-33-22)21(11-24)32-20-5-4-17(10-18(20)25)34(2,30)31/h4-5,10,12-14,16,21H,3,6-9,11H2,1-2H3. The van der Waals surface area contributed by atoms with Gasteiger partial charge < -0.3 is 9.64 Å². The number of aromatic nitrogens is 3. The highest BCUT2D eigenvalue weighted by atomic mass is 35.5. The first-order valence-corrected chi connectivity index (χ1v) is 14.7. The molecule has 3 aromatic rings. The lowest BCUT2D eigenvalue weighted by Gasteiger charge is -2.31. The number of alkyl halides is 1. The van der Waals surface area contributed by atoms with Crippen molar-refractivity contribution in [1.29, 1.82) is 0 Å². The molecule has 4 rings (SSSR count). The molecule has 34 heavy (non-hydrogen) atoms. The average Bonchev–Trinajstić information content (AvgIpc) is 3.33. The molecule has 1 saturated heterocycles. The summed E-state index contributed by atoms with van der Waals surface area (Å²) in [5.74, 6) is 1.71. The fourth-order valence-corrected chi connectivity index (χ4v) is 5.98. The molecule has 0 amide bonds. The van der Waals surface area contributed by atoms with Gasteiger partial charge in [-0.25, -0.2) is 23.4 Å². The number of rotatable bonds is 8. The molecule has 0 spiro atoms. The summed E-state index contributed by atoms with van der Waals surface area (Å²) < 4.78 is 29.5. The number of sulfone groups is 1. The predicted molar refractivity (Wildman–Crippen MR) is 136 cm³/mol. The average molecular weight is 542 g/mol. The number of hydrogen-bond donors (Lipinski definition) is 0. The van der Waals surface area contributed by atoms with E-state index in [2.05, 4.69) is 21.8 Å². The van der Waals surface area contributed by atoms with Crippen molar-refractivity contribution in [3.63, 3.8) is 0 Å². The SMILES string of the molecule is CCc1cnc(N2CCC(c3nc(C(CCl)Oc4ccc(S(C)(=O)=O)cc4Cl)cs3)CC2)nc1. The molecule has 7 nitrogen and oxygen atoms in total. The molecule has 1 fully saturated rings. The van der Waals surface area contributed by atoms with Crippen molar-refractivity contribution in [2.75, 3.05) is 30.1 Å². The van der Waals surface area contributed by atoms with Crippen LogP contribution < -0.4 is 9.64 Å². The third kappa shape index (κ3) is 5.82. The van der Waals surface area contributed by atoms with Crippen molar-refractivity contribution in [3.05, 3.63) is 57.3 Å². The molecular weight excluding hydrogens is 515 g/mol. The molecule has 2 aromatic heterocycles. The molecule has 3 heterocycles. The van der Waals surface area contributed by atoms with Crippen molar-refractivity contribution in [3.8, 4) is 5.75 Å². The van der Waals surface area contributed by atoms with E-state index < -0.39 is 15.9 Å². The van der Waals surface area contributed by atoms with Crippen LogP contribution in [0, 0.1) is 0 Å². The van der Waals surface area contributed by atoms with Crippen LogP contribution in [0.1, 0.15) is 48.1 Å². The van der Waals surface area contributed by atoms with Gasteiger partial charge in [-0.2, -0.15) is 0 Å². The van der Waals surface area contributed by atoms with Crippen molar-refractivity contribution < 1.29 is 13.2 Å². The first-order valence-electron chi connectivity index (χ1n) is 11.0. The molecule has 11 heteroatoms. The van der Waals surface area contributed by atoms with Gasteiger partial charge in [0.05, 0.1) is 26.5 Å². The number of piperidine rings is 1. The number of nitrogens with zero attached hydrogens (tertiary/aromatic N) is 4. The van der Waals surface area contributed by atoms with Gasteiger partial charge in [0.1, 0.15) is 5.75 Å². The third-order valence-corrected chi connectivity index (χ3v) is 8.55. The van der Waals surface area contributed by atoms with Crippen LogP contribution in [0.3, 0.4) is 0 Å². The van der Waals surface area contributed by atoms with Gasteiger partial charge in [-0.3, -0.25) is 0 Å². The lowest BCUT2D eigenvalue weighted by Crippen LogP contribution is -2.34. The van der Waals surface area contributed by atoms with Crippen LogP contribution in [0.2, 0.25) is 5.02 Å². The van der Waals surface area contributed by atoms with Gasteiger partial charge in [-0.15, -0.1) is 22.9 Å². The minimum atomic E-state index is -3.35. The van der Waals surface area contributed by atoms with Gasteiger partial charge in [-0.05, 0) is 43.0 Å². The number of anilines is 1. The van der Waals surface area contributed by atoms with E-state index in [9.17, 15) is 8.42 Å². The summed E-state index contributed by atoms with van der Waals surface area (Å²) in [5, 5.41) is 3.25. The Morgan fingerprint density at radius 3 is 2.53 bits per heavy atom. The van der Waals surface area contributed by atoms with E-state index in [1.165, 1.54) is 12.1 Å². The maximum absolute atomic E-state index is 11.7. The van der Waals surface area contributed by atoms with Crippen molar-refractivity contribution >= 4 is 50.3 Å². The van der Waals surface area contributed by atoms with Crippen molar-refractivity contribution in [1.82, 2.24) is 15.0 Å². The van der Waals surface area contributed by atoms with Gasteiger partial charge >= 0.3 is 0 Å². The van der Waals surface area contributed by atoms with Crippen LogP contribution in [0.5, 0.6) is 5.75 Å². The Balaban J connectivity index is 1.40. The molecule has 1 aliphatic heterocycles. The van der Waals surface area contributed by atoms with E-state index in [0.717, 1.165) is 60.8 Å². The number of hydrogen-bond acceptors (Lipinski definition) is 8. The summed E-state index contributed by atoms with van der Waals surface area (Å²) in [5.41, 5.74) is 1.89. The molecule has 0 saturated carbocycles. The first-order chi connectivity index (χ1) is 16.3. The maximum atomic E-state index is 11.7. The fourth-order valence-electron chi connectivity index (χ4n) is 3.79. The van der Waals surface area contributed by atoms with E-state index in [0.29, 0.717) is 11.7 Å². The summed E-state index contributed by atoms with van der Waals surface area (Å²) in [4.78, 5) is 16.2. The summed E-state index contributed by atoms with van der Waals surface area (Å²) in [6.07, 6.45) is 7.31. The van der Waals surface area contributed by atoms with Crippen LogP contribution >= 0.6 is 34.5 Å². The highest BCUT2D eigenvalue weighted by Gasteiger charge is 2.26. The highest BCUT2D eigenvalue weighted by Crippen LogP contribution is 2.35. The second-order valence-electron chi connectivity index (χ2n) is 8.24. The lowest BCUT2D eigenvalue weighted by molar-refractivity contribution is 0.225. The summed E-state index contributed by atoms with van der Waals surface area (Å²) in [6.45, 7) is 3.85. The van der Waals surface area contributed by atoms with Crippen molar-refractivity contribution in [2.24, 2.45) is 0 Å². The van der Waals surface area contributed by atoms with Crippen LogP contribution in [0.15, 0.2) is 40.9 Å². The Kier molecular flexibility index (Phi) is 7.97. The number of halogens is 2. The second-order valence-corrected chi connectivity index (χ2v) is 11.9. The Hall–Kier alpha value is -1.94. The van der Waals surface area contributed by atoms with Gasteiger partial charge in [-0.1, -0.05) is 18.5 Å². The smallest absolute Gasteiger partial charge is 0.225 e. The summed E-state index contributed by atoms with van der Waals surface area (Å²) in [7, 11) is -3.35. The quantitative estimate of drug-likeness (QED) is 0.358. The normalized spacial score (nSPS) is 15.9. The fraction of sp³-hybridized carbons (Fsp3) is 0.435.